The topological polar surface area (TPSA) is 133 Å². The maximum Gasteiger partial charge on any atom is 0.274 e. The first kappa shape index (κ1) is 22.9. The van der Waals surface area contributed by atoms with Crippen molar-refractivity contribution in [1.29, 1.82) is 0 Å². The number of carbonyl (C=O) groups excluding carboxylic acids is 1. The molecule has 176 valence electrons. The summed E-state index contributed by atoms with van der Waals surface area (Å²) in [6, 6.07) is 4.93. The van der Waals surface area contributed by atoms with E-state index in [4.69, 9.17) is 15.2 Å². The van der Waals surface area contributed by atoms with Gasteiger partial charge >= 0.3 is 0 Å². The van der Waals surface area contributed by atoms with Gasteiger partial charge < -0.3 is 20.5 Å². The van der Waals surface area contributed by atoms with Crippen LogP contribution >= 0.6 is 0 Å². The molecule has 0 saturated carbocycles. The second-order valence-electron chi connectivity index (χ2n) is 8.54. The maximum atomic E-state index is 14.8. The molecule has 0 radical (unpaired) electrons. The minimum atomic E-state index is -3.75. The Bertz CT molecular complexity index is 1280. The first-order chi connectivity index (χ1) is 15.3. The van der Waals surface area contributed by atoms with Crippen molar-refractivity contribution < 1.29 is 31.5 Å². The van der Waals surface area contributed by atoms with Crippen LogP contribution in [0.15, 0.2) is 35.5 Å². The monoisotopic (exact) mass is 480 g/mol. The summed E-state index contributed by atoms with van der Waals surface area (Å²) in [4.78, 5) is 21.0. The molecule has 2 aliphatic rings. The fourth-order valence-corrected chi connectivity index (χ4v) is 5.25. The summed E-state index contributed by atoms with van der Waals surface area (Å²) in [5, 5.41) is 2.56. The second kappa shape index (κ2) is 7.65. The lowest BCUT2D eigenvalue weighted by Gasteiger charge is -2.38. The molecule has 2 atom stereocenters. The summed E-state index contributed by atoms with van der Waals surface area (Å²) < 4.78 is 62.5. The molecule has 0 spiro atoms. The number of aromatic nitrogens is 1. The molecule has 1 aromatic heterocycles. The molecule has 12 heteroatoms. The molecule has 0 saturated heterocycles. The third-order valence-electron chi connectivity index (χ3n) is 5.73. The summed E-state index contributed by atoms with van der Waals surface area (Å²) in [7, 11) is -3.75. The van der Waals surface area contributed by atoms with E-state index in [9.17, 15) is 22.0 Å². The highest BCUT2D eigenvalue weighted by atomic mass is 32.2. The van der Waals surface area contributed by atoms with Crippen LogP contribution in [-0.4, -0.2) is 48.6 Å². The van der Waals surface area contributed by atoms with Gasteiger partial charge in [0.1, 0.15) is 27.6 Å². The van der Waals surface area contributed by atoms with E-state index in [0.29, 0.717) is 0 Å². The van der Waals surface area contributed by atoms with Crippen LogP contribution in [0.3, 0.4) is 0 Å². The van der Waals surface area contributed by atoms with Crippen molar-refractivity contribution in [2.24, 2.45) is 10.7 Å². The number of anilines is 1. The fraction of sp³-hybridized carbons (Fsp3) is 0.381. The van der Waals surface area contributed by atoms with Crippen molar-refractivity contribution in [3.63, 3.8) is 0 Å². The maximum absolute atomic E-state index is 14.8. The Labute approximate surface area is 188 Å². The van der Waals surface area contributed by atoms with Crippen LogP contribution in [0.2, 0.25) is 0 Å². The van der Waals surface area contributed by atoms with Crippen LogP contribution in [0, 0.1) is 5.82 Å². The molecule has 0 aliphatic carbocycles. The van der Waals surface area contributed by atoms with E-state index < -0.39 is 44.0 Å². The number of hydrogen-bond acceptors (Lipinski definition) is 8. The Hall–Kier alpha value is -3.28. The highest BCUT2D eigenvalue weighted by Gasteiger charge is 2.49. The van der Waals surface area contributed by atoms with Gasteiger partial charge in [0, 0.05) is 17.3 Å². The number of amidine groups is 1. The van der Waals surface area contributed by atoms with Gasteiger partial charge in [-0.15, -0.1) is 0 Å². The van der Waals surface area contributed by atoms with Gasteiger partial charge in [-0.05, 0) is 39.0 Å². The van der Waals surface area contributed by atoms with E-state index in [1.165, 1.54) is 45.2 Å². The molecule has 3 heterocycles. The zero-order valence-corrected chi connectivity index (χ0v) is 18.9. The van der Waals surface area contributed by atoms with Crippen LogP contribution in [0.1, 0.15) is 36.8 Å². The molecule has 9 nitrogen and oxygen atoms in total. The lowest BCUT2D eigenvalue weighted by molar-refractivity contribution is -0.00330. The highest BCUT2D eigenvalue weighted by molar-refractivity contribution is 7.93. The van der Waals surface area contributed by atoms with E-state index in [1.807, 2.05) is 0 Å². The van der Waals surface area contributed by atoms with E-state index >= 15 is 0 Å². The predicted molar refractivity (Wildman–Crippen MR) is 116 cm³/mol. The molecule has 33 heavy (non-hydrogen) atoms. The number of ether oxygens (including phenoxy) is 2. The number of alkyl halides is 1. The Kier molecular flexibility index (Phi) is 5.31. The zero-order valence-electron chi connectivity index (χ0n) is 18.1. The Morgan fingerprint density at radius 2 is 1.97 bits per heavy atom. The summed E-state index contributed by atoms with van der Waals surface area (Å²) >= 11 is 0. The highest BCUT2D eigenvalue weighted by Crippen LogP contribution is 2.38. The first-order valence-electron chi connectivity index (χ1n) is 9.95. The first-order valence-corrected chi connectivity index (χ1v) is 11.6. The van der Waals surface area contributed by atoms with Gasteiger partial charge in [0.25, 0.3) is 12.3 Å². The minimum absolute atomic E-state index is 0.0287. The van der Waals surface area contributed by atoms with Gasteiger partial charge in [0.2, 0.25) is 0 Å². The number of sulfone groups is 1. The molecule has 0 fully saturated rings. The Morgan fingerprint density at radius 3 is 2.67 bits per heavy atom. The summed E-state index contributed by atoms with van der Waals surface area (Å²) in [5.41, 5.74) is 4.48. The smallest absolute Gasteiger partial charge is 0.274 e. The average molecular weight is 480 g/mol. The van der Waals surface area contributed by atoms with Gasteiger partial charge in [0.05, 0.1) is 11.9 Å². The third-order valence-corrected chi connectivity index (χ3v) is 8.43. The number of fused-ring (bicyclic) bond motifs is 1. The number of hydrogen-bond donors (Lipinski definition) is 2. The SMILES string of the molecule is CC1(C)C(N)=N[C@](C)(c2cc(NC(=O)c3cc4c(cn3)OC[C@H](F)O4)ccc2F)CS1(=O)=O. The predicted octanol–water partition coefficient (Wildman–Crippen LogP) is 2.32. The lowest BCUT2D eigenvalue weighted by Crippen LogP contribution is -2.55. The number of amides is 1. The minimum Gasteiger partial charge on any atom is -0.481 e. The van der Waals surface area contributed by atoms with Crippen molar-refractivity contribution in [2.45, 2.75) is 37.4 Å². The molecule has 3 N–H and O–H groups in total. The van der Waals surface area contributed by atoms with Crippen LogP contribution in [-0.2, 0) is 15.4 Å². The number of halogens is 2. The van der Waals surface area contributed by atoms with Crippen molar-refractivity contribution in [3.8, 4) is 11.5 Å². The number of pyridine rings is 1. The third kappa shape index (κ3) is 3.99. The van der Waals surface area contributed by atoms with Crippen LogP contribution in [0.25, 0.3) is 0 Å². The van der Waals surface area contributed by atoms with Gasteiger partial charge in [-0.3, -0.25) is 9.79 Å². The largest absolute Gasteiger partial charge is 0.481 e. The van der Waals surface area contributed by atoms with E-state index in [-0.39, 0.29) is 40.9 Å². The molecule has 0 bridgehead atoms. The summed E-state index contributed by atoms with van der Waals surface area (Å²) in [6.45, 7) is 4.07. The van der Waals surface area contributed by atoms with Crippen molar-refractivity contribution in [2.75, 3.05) is 17.7 Å². The zero-order chi connectivity index (χ0) is 24.2. The van der Waals surface area contributed by atoms with E-state index in [2.05, 4.69) is 15.3 Å². The number of rotatable bonds is 3. The van der Waals surface area contributed by atoms with Gasteiger partial charge in [-0.25, -0.2) is 17.8 Å². The molecular weight excluding hydrogens is 458 g/mol. The van der Waals surface area contributed by atoms with Crippen LogP contribution in [0.4, 0.5) is 14.5 Å². The lowest BCUT2D eigenvalue weighted by atomic mass is 9.92. The molecular formula is C21H22F2N4O5S. The fourth-order valence-electron chi connectivity index (χ4n) is 3.57. The molecule has 1 aromatic carbocycles. The van der Waals surface area contributed by atoms with Gasteiger partial charge in [0.15, 0.2) is 27.9 Å². The Balaban J connectivity index is 1.64. The van der Waals surface area contributed by atoms with E-state index in [0.717, 1.165) is 6.07 Å². The number of aliphatic imine (C=N–C) groups is 1. The normalized spacial score (nSPS) is 25.1. The molecule has 4 rings (SSSR count). The van der Waals surface area contributed by atoms with E-state index in [1.54, 1.807) is 0 Å². The summed E-state index contributed by atoms with van der Waals surface area (Å²) in [5.74, 6) is -1.73. The number of nitrogens with one attached hydrogen (secondary N) is 1. The molecule has 1 amide bonds. The number of benzene rings is 1. The van der Waals surface area contributed by atoms with Gasteiger partial charge in [-0.1, -0.05) is 0 Å². The summed E-state index contributed by atoms with van der Waals surface area (Å²) in [6.07, 6.45) is -0.430. The van der Waals surface area contributed by atoms with Crippen molar-refractivity contribution in [3.05, 3.63) is 47.5 Å². The Morgan fingerprint density at radius 1 is 1.24 bits per heavy atom. The number of nitrogens with zero attached hydrogens (tertiary/aromatic N) is 2. The second-order valence-corrected chi connectivity index (χ2v) is 11.1. The van der Waals surface area contributed by atoms with Crippen molar-refractivity contribution >= 4 is 27.3 Å². The van der Waals surface area contributed by atoms with Gasteiger partial charge in [-0.2, -0.15) is 4.39 Å². The van der Waals surface area contributed by atoms with Crippen LogP contribution < -0.4 is 20.5 Å². The molecule has 2 aliphatic heterocycles. The number of nitrogens with two attached hydrogens (primary N) is 1. The van der Waals surface area contributed by atoms with Crippen molar-refractivity contribution in [1.82, 2.24) is 4.98 Å². The van der Waals surface area contributed by atoms with Crippen LogP contribution in [0.5, 0.6) is 11.5 Å². The quantitative estimate of drug-likeness (QED) is 0.689. The standard InChI is InChI=1S/C21H22F2N4O5S/c1-20(2)19(24)27-21(3,10-33(20,29)30)12-6-11(4-5-13(12)22)26-18(28)14-7-15-16(8-25-14)31-9-17(23)32-15/h4-8,17H,9-10H2,1-3H3,(H2,24,27)(H,26,28)/t17-,21+/m1/s1. The molecule has 0 unspecified atom stereocenters. The average Bonchev–Trinajstić information content (AvgIpc) is 2.72. The number of carbonyl (C=O) groups is 1. The molecule has 2 aromatic rings.